The molecular weight excluding hydrogens is 1410 g/mol. The van der Waals surface area contributed by atoms with Gasteiger partial charge < -0.3 is 33.8 Å². The summed E-state index contributed by atoms with van der Waals surface area (Å²) in [6, 6.07) is 0. The summed E-state index contributed by atoms with van der Waals surface area (Å²) in [5.41, 5.74) is 0. The van der Waals surface area contributed by atoms with Crippen LogP contribution in [0.5, 0.6) is 0 Å². The van der Waals surface area contributed by atoms with Gasteiger partial charge in [0.15, 0.2) is 12.2 Å². The normalized spacial score (nSPS) is 13.7. The van der Waals surface area contributed by atoms with Crippen molar-refractivity contribution in [3.63, 3.8) is 0 Å². The van der Waals surface area contributed by atoms with Crippen molar-refractivity contribution in [2.75, 3.05) is 39.6 Å². The summed E-state index contributed by atoms with van der Waals surface area (Å²) < 4.78 is 69.0. The van der Waals surface area contributed by atoms with E-state index in [2.05, 4.69) is 34.6 Å². The summed E-state index contributed by atoms with van der Waals surface area (Å²) in [7, 11) is -9.93. The summed E-state index contributed by atoms with van der Waals surface area (Å²) in [6.45, 7) is 7.41. The van der Waals surface area contributed by atoms with Gasteiger partial charge >= 0.3 is 39.5 Å². The van der Waals surface area contributed by atoms with Crippen molar-refractivity contribution in [3.8, 4) is 0 Å². The first-order chi connectivity index (χ1) is 53.0. The van der Waals surface area contributed by atoms with Crippen molar-refractivity contribution >= 4 is 39.5 Å². The Morgan fingerprint density at radius 3 is 0.624 bits per heavy atom. The Morgan fingerprint density at radius 2 is 0.422 bits per heavy atom. The third-order valence-electron chi connectivity index (χ3n) is 21.3. The second-order valence-corrected chi connectivity index (χ2v) is 35.7. The maximum atomic E-state index is 13.2. The van der Waals surface area contributed by atoms with E-state index in [-0.39, 0.29) is 25.7 Å². The quantitative estimate of drug-likeness (QED) is 0.0222. The highest BCUT2D eigenvalue weighted by molar-refractivity contribution is 7.47. The van der Waals surface area contributed by atoms with Gasteiger partial charge in [-0.05, 0) is 31.6 Å². The van der Waals surface area contributed by atoms with Gasteiger partial charge in [0.2, 0.25) is 0 Å². The number of hydrogen-bond donors (Lipinski definition) is 3. The van der Waals surface area contributed by atoms with Gasteiger partial charge in [0.1, 0.15) is 19.3 Å². The van der Waals surface area contributed by atoms with Gasteiger partial charge in [0, 0.05) is 25.7 Å². The lowest BCUT2D eigenvalue weighted by molar-refractivity contribution is -0.161. The number of rotatable bonds is 90. The highest BCUT2D eigenvalue weighted by atomic mass is 31.2. The van der Waals surface area contributed by atoms with Crippen LogP contribution in [-0.4, -0.2) is 96.7 Å². The molecule has 0 aliphatic heterocycles. The minimum absolute atomic E-state index is 0.109. The van der Waals surface area contributed by atoms with E-state index in [1.807, 2.05) is 0 Å². The Hall–Kier alpha value is -1.94. The SMILES string of the molecule is CCCCCCCCCCCCCCCCCCCCCCCC(=O)OC[C@H](COP(=O)(O)OC[C@@H](O)COP(=O)(O)OC[C@@H](COC(=O)CCCCCCCCCCC)OC(=O)CCCCCCCCCCCCCCCCCCCC)OC(=O)CCCCCCCCCCCCCCCCCCCCC(C)C. The van der Waals surface area contributed by atoms with Crippen LogP contribution in [0.1, 0.15) is 490 Å². The van der Waals surface area contributed by atoms with Gasteiger partial charge in [-0.25, -0.2) is 9.13 Å². The van der Waals surface area contributed by atoms with Crippen LogP contribution in [0.2, 0.25) is 0 Å². The molecule has 0 spiro atoms. The number of hydrogen-bond acceptors (Lipinski definition) is 15. The van der Waals surface area contributed by atoms with Crippen molar-refractivity contribution in [2.45, 2.75) is 509 Å². The van der Waals surface area contributed by atoms with Crippen molar-refractivity contribution in [2.24, 2.45) is 5.92 Å². The molecule has 0 radical (unpaired) electrons. The average molecular weight is 1590 g/mol. The molecular formula is C90H176O17P2. The van der Waals surface area contributed by atoms with Crippen LogP contribution >= 0.6 is 15.6 Å². The van der Waals surface area contributed by atoms with Gasteiger partial charge in [-0.15, -0.1) is 0 Å². The van der Waals surface area contributed by atoms with E-state index in [1.54, 1.807) is 0 Å². The number of carbonyl (C=O) groups is 4. The van der Waals surface area contributed by atoms with Gasteiger partial charge in [-0.3, -0.25) is 37.3 Å². The molecule has 109 heavy (non-hydrogen) atoms. The van der Waals surface area contributed by atoms with E-state index >= 15 is 0 Å². The average Bonchev–Trinajstić information content (AvgIpc) is 0.900. The number of phosphoric ester groups is 2. The zero-order valence-corrected chi connectivity index (χ0v) is 73.5. The number of phosphoric acid groups is 2. The minimum Gasteiger partial charge on any atom is -0.462 e. The predicted octanol–water partition coefficient (Wildman–Crippen LogP) is 27.9. The third-order valence-corrected chi connectivity index (χ3v) is 23.2. The van der Waals surface area contributed by atoms with Crippen LogP contribution in [0.25, 0.3) is 0 Å². The van der Waals surface area contributed by atoms with Crippen LogP contribution in [0, 0.1) is 5.92 Å². The zero-order chi connectivity index (χ0) is 79.7. The Kier molecular flexibility index (Phi) is 81.1. The minimum atomic E-state index is -4.97. The second-order valence-electron chi connectivity index (χ2n) is 32.8. The smallest absolute Gasteiger partial charge is 0.462 e. The molecule has 3 N–H and O–H groups in total. The lowest BCUT2D eigenvalue weighted by Gasteiger charge is -2.21. The largest absolute Gasteiger partial charge is 0.472 e. The summed E-state index contributed by atoms with van der Waals surface area (Å²) in [4.78, 5) is 73.3. The van der Waals surface area contributed by atoms with Crippen LogP contribution in [0.3, 0.4) is 0 Å². The highest BCUT2D eigenvalue weighted by Gasteiger charge is 2.31. The lowest BCUT2D eigenvalue weighted by Crippen LogP contribution is -2.30. The van der Waals surface area contributed by atoms with E-state index in [0.29, 0.717) is 25.7 Å². The predicted molar refractivity (Wildman–Crippen MR) is 451 cm³/mol. The number of esters is 4. The molecule has 0 saturated carbocycles. The number of carbonyl (C=O) groups excluding carboxylic acids is 4. The Balaban J connectivity index is 5.19. The number of aliphatic hydroxyl groups is 1. The zero-order valence-electron chi connectivity index (χ0n) is 71.7. The summed E-state index contributed by atoms with van der Waals surface area (Å²) in [5, 5.41) is 10.7. The maximum absolute atomic E-state index is 13.2. The molecule has 0 aliphatic carbocycles. The highest BCUT2D eigenvalue weighted by Crippen LogP contribution is 2.45. The second kappa shape index (κ2) is 82.6. The van der Waals surface area contributed by atoms with Crippen molar-refractivity contribution in [3.05, 3.63) is 0 Å². The summed E-state index contributed by atoms with van der Waals surface area (Å²) in [5.74, 6) is -1.28. The lowest BCUT2D eigenvalue weighted by atomic mass is 10.0. The van der Waals surface area contributed by atoms with Crippen LogP contribution < -0.4 is 0 Å². The van der Waals surface area contributed by atoms with Gasteiger partial charge in [-0.2, -0.15) is 0 Å². The van der Waals surface area contributed by atoms with Crippen LogP contribution in [-0.2, 0) is 65.4 Å². The molecule has 5 atom stereocenters. The van der Waals surface area contributed by atoms with Crippen molar-refractivity contribution in [1.82, 2.24) is 0 Å². The summed E-state index contributed by atoms with van der Waals surface area (Å²) >= 11 is 0. The fourth-order valence-electron chi connectivity index (χ4n) is 14.2. The Morgan fingerprint density at radius 1 is 0.248 bits per heavy atom. The molecule has 0 bridgehead atoms. The first kappa shape index (κ1) is 107. The third kappa shape index (κ3) is 83.8. The molecule has 0 aromatic rings. The van der Waals surface area contributed by atoms with Crippen molar-refractivity contribution < 1.29 is 80.2 Å². The topological polar surface area (TPSA) is 237 Å². The first-order valence-electron chi connectivity index (χ1n) is 46.6. The Bertz CT molecular complexity index is 2070. The molecule has 648 valence electrons. The molecule has 0 rings (SSSR count). The van der Waals surface area contributed by atoms with Gasteiger partial charge in [0.25, 0.3) is 0 Å². The van der Waals surface area contributed by atoms with E-state index < -0.39 is 97.5 Å². The molecule has 0 fully saturated rings. The van der Waals surface area contributed by atoms with E-state index in [0.717, 1.165) is 95.8 Å². The Labute approximate surface area is 670 Å². The molecule has 2 unspecified atom stereocenters. The molecule has 0 amide bonds. The fourth-order valence-corrected chi connectivity index (χ4v) is 15.8. The molecule has 19 heteroatoms. The molecule has 0 aromatic carbocycles. The van der Waals surface area contributed by atoms with E-state index in [4.69, 9.17) is 37.0 Å². The molecule has 0 saturated heterocycles. The maximum Gasteiger partial charge on any atom is 0.472 e. The van der Waals surface area contributed by atoms with Crippen LogP contribution in [0.4, 0.5) is 0 Å². The molecule has 0 heterocycles. The van der Waals surface area contributed by atoms with Crippen molar-refractivity contribution in [1.29, 1.82) is 0 Å². The van der Waals surface area contributed by atoms with E-state index in [9.17, 15) is 43.2 Å². The molecule has 0 aliphatic rings. The van der Waals surface area contributed by atoms with Gasteiger partial charge in [0.05, 0.1) is 26.4 Å². The fraction of sp³-hybridized carbons (Fsp3) is 0.956. The number of unbranched alkanes of at least 4 members (excludes halogenated alkanes) is 62. The number of aliphatic hydroxyl groups excluding tert-OH is 1. The summed E-state index contributed by atoms with van der Waals surface area (Å²) in [6.07, 6.45) is 78.0. The molecule has 0 aromatic heterocycles. The number of ether oxygens (including phenoxy) is 4. The standard InChI is InChI=1S/C90H176O17P2/c1-6-9-12-15-18-21-23-25-27-29-31-32-33-38-41-45-49-54-59-64-69-74-88(93)101-80-86(107-90(95)76-71-66-61-56-51-47-43-39-35-34-36-40-44-48-53-57-62-67-72-83(4)5)82-105-109(98,99)103-78-84(91)77-102-108(96,97)104-81-85(79-100-87(92)73-68-63-58-52-20-17-14-11-8-3)106-89(94)75-70-65-60-55-50-46-42-37-30-28-26-24-22-19-16-13-10-7-2/h83-86,91H,6-82H2,1-5H3,(H,96,97)(H,98,99)/t84-,85+,86+/m0/s1. The first-order valence-corrected chi connectivity index (χ1v) is 49.6. The van der Waals surface area contributed by atoms with Gasteiger partial charge in [-0.1, -0.05) is 439 Å². The van der Waals surface area contributed by atoms with Crippen LogP contribution in [0.15, 0.2) is 0 Å². The van der Waals surface area contributed by atoms with E-state index in [1.165, 1.54) is 315 Å². The molecule has 17 nitrogen and oxygen atoms in total. The monoisotopic (exact) mass is 1590 g/mol.